The van der Waals surface area contributed by atoms with Crippen LogP contribution < -0.4 is 44.7 Å². The molecule has 8 bridgehead atoms. The molecule has 8 aromatic rings. The van der Waals surface area contributed by atoms with Crippen molar-refractivity contribution in [3.63, 3.8) is 0 Å². The maximum Gasteiger partial charge on any atom is 0.168 e. The fraction of sp³-hybridized carbons (Fsp3) is 0.570. The third-order valence-corrected chi connectivity index (χ3v) is 23.4. The average Bonchev–Trinajstić information content (AvgIpc) is 1.57. The van der Waals surface area contributed by atoms with Crippen molar-refractivity contribution in [2.24, 2.45) is 25.0 Å². The zero-order valence-electron chi connectivity index (χ0n) is 63.1. The Hall–Kier alpha value is -6.95. The highest BCUT2D eigenvalue weighted by atomic mass is 32.1. The molecule has 8 heterocycles. The van der Waals surface area contributed by atoms with Crippen LogP contribution in [0.4, 0.5) is 11.6 Å². The first-order valence-corrected chi connectivity index (χ1v) is 43.1. The molecule has 17 heteroatoms. The number of aliphatic imine (C=N–C) groups is 3. The van der Waals surface area contributed by atoms with Crippen LogP contribution in [0.25, 0.3) is 41.1 Å². The van der Waals surface area contributed by atoms with E-state index < -0.39 is 6.17 Å². The number of unbranched alkanes of at least 4 members (excludes halogenated alkanes) is 30. The van der Waals surface area contributed by atoms with Gasteiger partial charge in [-0.25, -0.2) is 25.0 Å². The number of fused-ring (bicyclic) bond motifs is 18. The van der Waals surface area contributed by atoms with Crippen LogP contribution in [0.2, 0.25) is 0 Å². The van der Waals surface area contributed by atoms with Crippen LogP contribution in [-0.4, -0.2) is 67.1 Å². The minimum atomic E-state index is -0.721. The first kappa shape index (κ1) is 77.2. The lowest BCUT2D eigenvalue weighted by Crippen LogP contribution is -2.16. The number of rotatable bonds is 50. The van der Waals surface area contributed by atoms with Gasteiger partial charge in [-0.2, -0.15) is 0 Å². The standard InChI is InChI=1S/C86H118N8O6S3/c1-7-13-19-25-31-37-53-95-61-47-48-62(96-54-38-32-26-20-14-8-2)70-69(61)79-87-80(70)89-82-72-64(98-56-40-34-28-22-16-10-4)50-52-66(100-58-42-36-30-24-18-12-6)74(72)84(91-82)93-86-76-75(77(67-45-43-59-101-67)103-78(76)68-46-44-60-102-68)85(94-86)92-83-73-65(99-57-41-35-29-23-17-11-5)51-49-63(71(73)81(88-79)90-83)97-55-39-33-27-21-15-9-3/h43-52,59-60,81,87-88H,7-42,53-58H2,1-6H3,(H,89,90,91,92,93,94). The lowest BCUT2D eigenvalue weighted by Gasteiger charge is -2.19. The number of ether oxygens (including phenoxy) is 6. The Bertz CT molecular complexity index is 4120. The number of H-pyrrole nitrogens is 2. The quantitative estimate of drug-likeness (QED) is 0.0320. The lowest BCUT2D eigenvalue weighted by molar-refractivity contribution is 0.293. The van der Waals surface area contributed by atoms with Crippen molar-refractivity contribution < 1.29 is 28.4 Å². The van der Waals surface area contributed by atoms with Crippen molar-refractivity contribution in [3.8, 4) is 54.0 Å². The monoisotopic (exact) mass is 1450 g/mol. The van der Waals surface area contributed by atoms with E-state index in [4.69, 9.17) is 53.4 Å². The molecular formula is C86H118N8O6S3. The summed E-state index contributed by atoms with van der Waals surface area (Å²) >= 11 is 5.24. The van der Waals surface area contributed by atoms with Gasteiger partial charge in [0.2, 0.25) is 0 Å². The summed E-state index contributed by atoms with van der Waals surface area (Å²) < 4.78 is 42.4. The third-order valence-electron chi connectivity index (χ3n) is 20.1. The van der Waals surface area contributed by atoms with Crippen LogP contribution in [0, 0.1) is 0 Å². The molecule has 0 saturated heterocycles. The molecule has 0 aliphatic carbocycles. The molecule has 1 atom stereocenters. The number of amidine groups is 3. The smallest absolute Gasteiger partial charge is 0.168 e. The molecule has 0 fully saturated rings. The van der Waals surface area contributed by atoms with Gasteiger partial charge in [0.25, 0.3) is 0 Å². The Morgan fingerprint density at radius 3 is 1.10 bits per heavy atom. The van der Waals surface area contributed by atoms with Gasteiger partial charge >= 0.3 is 0 Å². The lowest BCUT2D eigenvalue weighted by atomic mass is 10.0. The normalized spacial score (nSPS) is 14.2. The van der Waals surface area contributed by atoms with Gasteiger partial charge in [-0.15, -0.1) is 34.0 Å². The van der Waals surface area contributed by atoms with E-state index in [1.807, 2.05) is 0 Å². The molecule has 0 amide bonds. The second-order valence-electron chi connectivity index (χ2n) is 28.4. The number of nitrogens with zero attached hydrogens (tertiary/aromatic N) is 5. The van der Waals surface area contributed by atoms with Crippen LogP contribution in [0.1, 0.15) is 301 Å². The second-order valence-corrected chi connectivity index (χ2v) is 31.3. The Balaban J connectivity index is 1.17. The van der Waals surface area contributed by atoms with Crippen molar-refractivity contribution in [1.82, 2.24) is 9.97 Å². The summed E-state index contributed by atoms with van der Waals surface area (Å²) in [5.41, 5.74) is 4.43. The number of hydrogen-bond donors (Lipinski definition) is 3. The van der Waals surface area contributed by atoms with Gasteiger partial charge in [0, 0.05) is 20.5 Å². The minimum absolute atomic E-state index is 0.457. The number of nitrogens with one attached hydrogen (secondary N) is 3. The van der Waals surface area contributed by atoms with E-state index in [9.17, 15) is 0 Å². The molecule has 0 saturated carbocycles. The van der Waals surface area contributed by atoms with E-state index in [0.717, 1.165) is 158 Å². The van der Waals surface area contributed by atoms with Crippen molar-refractivity contribution >= 4 is 84.7 Å². The van der Waals surface area contributed by atoms with Gasteiger partial charge in [0.05, 0.1) is 82.4 Å². The Labute approximate surface area is 626 Å². The summed E-state index contributed by atoms with van der Waals surface area (Å²) in [6.07, 6.45) is 40.5. The molecule has 0 radical (unpaired) electrons. The number of hydrogen-bond acceptors (Lipinski definition) is 15. The van der Waals surface area contributed by atoms with Gasteiger partial charge in [0.15, 0.2) is 23.7 Å². The van der Waals surface area contributed by atoms with E-state index in [-0.39, 0.29) is 0 Å². The Kier molecular flexibility index (Phi) is 31.2. The third kappa shape index (κ3) is 20.6. The maximum absolute atomic E-state index is 7.08. The Morgan fingerprint density at radius 2 is 0.680 bits per heavy atom. The number of anilines is 1. The van der Waals surface area contributed by atoms with Gasteiger partial charge in [-0.3, -0.25) is 0 Å². The van der Waals surface area contributed by atoms with Gasteiger partial charge in [-0.1, -0.05) is 246 Å². The van der Waals surface area contributed by atoms with Crippen LogP contribution in [0.3, 0.4) is 0 Å². The molecular weight excluding hydrogens is 1340 g/mol. The van der Waals surface area contributed by atoms with Crippen LogP contribution >= 0.6 is 34.0 Å². The van der Waals surface area contributed by atoms with E-state index in [0.29, 0.717) is 97.0 Å². The van der Waals surface area contributed by atoms with E-state index in [2.05, 4.69) is 128 Å². The molecule has 3 aliphatic rings. The number of thiophene rings is 3. The van der Waals surface area contributed by atoms with Gasteiger partial charge < -0.3 is 43.7 Å². The highest BCUT2D eigenvalue weighted by Crippen LogP contribution is 2.50. The zero-order valence-corrected chi connectivity index (χ0v) is 65.6. The first-order chi connectivity index (χ1) is 51.0. The largest absolute Gasteiger partial charge is 0.493 e. The van der Waals surface area contributed by atoms with Crippen molar-refractivity contribution in [2.75, 3.05) is 45.0 Å². The van der Waals surface area contributed by atoms with E-state index in [1.54, 1.807) is 34.0 Å². The number of aromatic amines is 2. The molecule has 3 aromatic carbocycles. The molecule has 14 nitrogen and oxygen atoms in total. The fourth-order valence-electron chi connectivity index (χ4n) is 14.4. The van der Waals surface area contributed by atoms with Crippen molar-refractivity contribution in [3.05, 3.63) is 105 Å². The molecule has 11 rings (SSSR count). The minimum Gasteiger partial charge on any atom is -0.493 e. The zero-order chi connectivity index (χ0) is 71.2. The van der Waals surface area contributed by atoms with Gasteiger partial charge in [-0.05, 0) is 97.8 Å². The summed E-state index contributed by atoms with van der Waals surface area (Å²) in [5.74, 6) is 6.96. The summed E-state index contributed by atoms with van der Waals surface area (Å²) in [4.78, 5) is 41.4. The van der Waals surface area contributed by atoms with Crippen molar-refractivity contribution in [1.29, 1.82) is 0 Å². The average molecular weight is 1460 g/mol. The van der Waals surface area contributed by atoms with Crippen LogP contribution in [-0.2, 0) is 0 Å². The highest BCUT2D eigenvalue weighted by Gasteiger charge is 2.37. The molecule has 1 unspecified atom stereocenters. The topological polar surface area (TPSA) is 161 Å². The summed E-state index contributed by atoms with van der Waals surface area (Å²) in [6, 6.07) is 21.2. The molecule has 5 aromatic heterocycles. The number of benzene rings is 3. The second kappa shape index (κ2) is 41.7. The molecule has 556 valence electrons. The highest BCUT2D eigenvalue weighted by molar-refractivity contribution is 7.27. The van der Waals surface area contributed by atoms with Crippen molar-refractivity contribution in [2.45, 2.75) is 279 Å². The summed E-state index contributed by atoms with van der Waals surface area (Å²) in [5, 5.41) is 11.9. The molecule has 103 heavy (non-hydrogen) atoms. The fourth-order valence-corrected chi connectivity index (χ4v) is 17.4. The van der Waals surface area contributed by atoms with E-state index in [1.165, 1.54) is 154 Å². The molecule has 3 aliphatic heterocycles. The summed E-state index contributed by atoms with van der Waals surface area (Å²) in [6.45, 7) is 16.9. The van der Waals surface area contributed by atoms with Crippen LogP contribution in [0.5, 0.6) is 34.5 Å². The number of aromatic nitrogens is 2. The predicted octanol–water partition coefficient (Wildman–Crippen LogP) is 25.3. The molecule has 3 N–H and O–H groups in total. The maximum atomic E-state index is 7.08. The predicted molar refractivity (Wildman–Crippen MR) is 435 cm³/mol. The summed E-state index contributed by atoms with van der Waals surface area (Å²) in [7, 11) is 0. The Morgan fingerprint density at radius 1 is 0.330 bits per heavy atom. The van der Waals surface area contributed by atoms with Gasteiger partial charge in [0.1, 0.15) is 57.1 Å². The SMILES string of the molecule is CCCCCCCCOc1ccc(OCCCCCCCC)c2c1C1=N/C2=N\c2[nH]c(c3c(OCCCCCCCC)ccc(OCCCCCCCC)c23)NC2N=C(N=c3[nH]c(c4c(-c5cccs5)sc(-c5cccs5)c34)=N1)c1c(OCCCCCCCC)ccc(OCCCCCCCC)c12. The molecule has 0 spiro atoms. The van der Waals surface area contributed by atoms with Crippen LogP contribution in [0.15, 0.2) is 96.4 Å². The first-order valence-electron chi connectivity index (χ1n) is 40.5. The van der Waals surface area contributed by atoms with E-state index >= 15 is 0 Å².